The summed E-state index contributed by atoms with van der Waals surface area (Å²) in [6.45, 7) is 0.445. The predicted octanol–water partition coefficient (Wildman–Crippen LogP) is 1.16. The first-order chi connectivity index (χ1) is 7.27. The standard InChI is InChI=1S/C11H19NO2S/c13-9(8-4-5-8)7-12-11(14)10-3-1-2-6-15-10/h8-10,13H,1-7H2,(H,12,14). The van der Waals surface area contributed by atoms with E-state index in [4.69, 9.17) is 0 Å². The van der Waals surface area contributed by atoms with Gasteiger partial charge in [-0.3, -0.25) is 4.79 Å². The van der Waals surface area contributed by atoms with Gasteiger partial charge < -0.3 is 10.4 Å². The van der Waals surface area contributed by atoms with Gasteiger partial charge in [-0.05, 0) is 37.4 Å². The van der Waals surface area contributed by atoms with Gasteiger partial charge in [-0.1, -0.05) is 6.42 Å². The Morgan fingerprint density at radius 3 is 2.80 bits per heavy atom. The first-order valence-corrected chi connectivity index (χ1v) is 6.89. The van der Waals surface area contributed by atoms with Crippen molar-refractivity contribution in [2.24, 2.45) is 5.92 Å². The first kappa shape index (κ1) is 11.3. The number of thioether (sulfide) groups is 1. The largest absolute Gasteiger partial charge is 0.391 e. The summed E-state index contributed by atoms with van der Waals surface area (Å²) in [5, 5.41) is 12.6. The number of rotatable bonds is 4. The van der Waals surface area contributed by atoms with Crippen LogP contribution in [0.2, 0.25) is 0 Å². The molecule has 15 heavy (non-hydrogen) atoms. The third-order valence-electron chi connectivity index (χ3n) is 3.12. The lowest BCUT2D eigenvalue weighted by atomic mass is 10.1. The zero-order chi connectivity index (χ0) is 10.7. The van der Waals surface area contributed by atoms with Gasteiger partial charge in [0.15, 0.2) is 0 Å². The van der Waals surface area contributed by atoms with Gasteiger partial charge in [0.2, 0.25) is 5.91 Å². The van der Waals surface area contributed by atoms with Crippen LogP contribution in [0.15, 0.2) is 0 Å². The highest BCUT2D eigenvalue weighted by Crippen LogP contribution is 2.32. The van der Waals surface area contributed by atoms with Crippen molar-refractivity contribution in [1.29, 1.82) is 0 Å². The summed E-state index contributed by atoms with van der Waals surface area (Å²) in [4.78, 5) is 11.7. The third-order valence-corrected chi connectivity index (χ3v) is 4.50. The summed E-state index contributed by atoms with van der Waals surface area (Å²) in [7, 11) is 0. The number of hydrogen-bond acceptors (Lipinski definition) is 3. The Kier molecular flexibility index (Phi) is 3.92. The van der Waals surface area contributed by atoms with Gasteiger partial charge >= 0.3 is 0 Å². The van der Waals surface area contributed by atoms with Crippen molar-refractivity contribution in [3.05, 3.63) is 0 Å². The fraction of sp³-hybridized carbons (Fsp3) is 0.909. The molecule has 0 aromatic heterocycles. The Balaban J connectivity index is 1.66. The minimum Gasteiger partial charge on any atom is -0.391 e. The highest BCUT2D eigenvalue weighted by molar-refractivity contribution is 8.00. The van der Waals surface area contributed by atoms with Crippen LogP contribution >= 0.6 is 11.8 Å². The molecule has 1 aliphatic carbocycles. The SMILES string of the molecule is O=C(NCC(O)C1CC1)C1CCCCS1. The minimum atomic E-state index is -0.317. The lowest BCUT2D eigenvalue weighted by molar-refractivity contribution is -0.121. The summed E-state index contributed by atoms with van der Waals surface area (Å²) in [6, 6.07) is 0. The monoisotopic (exact) mass is 229 g/mol. The average Bonchev–Trinajstić information content (AvgIpc) is 3.10. The Morgan fingerprint density at radius 1 is 1.40 bits per heavy atom. The van der Waals surface area contributed by atoms with E-state index < -0.39 is 0 Å². The van der Waals surface area contributed by atoms with E-state index >= 15 is 0 Å². The number of aliphatic hydroxyl groups excluding tert-OH is 1. The molecule has 86 valence electrons. The van der Waals surface area contributed by atoms with Crippen molar-refractivity contribution in [1.82, 2.24) is 5.32 Å². The van der Waals surface area contributed by atoms with E-state index in [1.165, 1.54) is 6.42 Å². The fourth-order valence-electron chi connectivity index (χ4n) is 1.91. The number of amides is 1. The van der Waals surface area contributed by atoms with Crippen molar-refractivity contribution in [3.8, 4) is 0 Å². The highest BCUT2D eigenvalue weighted by atomic mass is 32.2. The van der Waals surface area contributed by atoms with E-state index in [1.54, 1.807) is 11.8 Å². The second-order valence-electron chi connectivity index (χ2n) is 4.51. The third kappa shape index (κ3) is 3.38. The van der Waals surface area contributed by atoms with Crippen molar-refractivity contribution in [2.75, 3.05) is 12.3 Å². The lowest BCUT2D eigenvalue weighted by Crippen LogP contribution is -2.39. The molecular weight excluding hydrogens is 210 g/mol. The van der Waals surface area contributed by atoms with Crippen LogP contribution in [0, 0.1) is 5.92 Å². The van der Waals surface area contributed by atoms with Gasteiger partial charge in [0, 0.05) is 6.54 Å². The molecule has 4 heteroatoms. The Morgan fingerprint density at radius 2 is 2.20 bits per heavy atom. The maximum absolute atomic E-state index is 11.7. The maximum atomic E-state index is 11.7. The summed E-state index contributed by atoms with van der Waals surface area (Å²) < 4.78 is 0. The van der Waals surface area contributed by atoms with E-state index in [0.29, 0.717) is 12.5 Å². The molecule has 0 spiro atoms. The van der Waals surface area contributed by atoms with Crippen LogP contribution in [-0.2, 0) is 4.79 Å². The van der Waals surface area contributed by atoms with Crippen molar-refractivity contribution < 1.29 is 9.90 Å². The Labute approximate surface area is 95.0 Å². The fourth-order valence-corrected chi connectivity index (χ4v) is 3.14. The molecule has 1 amide bonds. The van der Waals surface area contributed by atoms with Gasteiger partial charge in [-0.15, -0.1) is 11.8 Å². The highest BCUT2D eigenvalue weighted by Gasteiger charge is 2.30. The van der Waals surface area contributed by atoms with Crippen LogP contribution in [0.4, 0.5) is 0 Å². The molecule has 0 aromatic rings. The molecule has 2 fully saturated rings. The Hall–Kier alpha value is -0.220. The van der Waals surface area contributed by atoms with E-state index in [9.17, 15) is 9.90 Å². The zero-order valence-electron chi connectivity index (χ0n) is 8.95. The van der Waals surface area contributed by atoms with Crippen LogP contribution in [0.5, 0.6) is 0 Å². The van der Waals surface area contributed by atoms with E-state index in [1.807, 2.05) is 0 Å². The smallest absolute Gasteiger partial charge is 0.233 e. The molecule has 2 rings (SSSR count). The minimum absolute atomic E-state index is 0.124. The molecule has 1 aliphatic heterocycles. The number of carbonyl (C=O) groups excluding carboxylic acids is 1. The summed E-state index contributed by atoms with van der Waals surface area (Å²) >= 11 is 1.75. The quantitative estimate of drug-likeness (QED) is 0.760. The molecule has 0 radical (unpaired) electrons. The molecule has 1 heterocycles. The van der Waals surface area contributed by atoms with Crippen LogP contribution in [0.25, 0.3) is 0 Å². The average molecular weight is 229 g/mol. The molecular formula is C11H19NO2S. The topological polar surface area (TPSA) is 49.3 Å². The van der Waals surface area contributed by atoms with Gasteiger partial charge in [0.05, 0.1) is 11.4 Å². The van der Waals surface area contributed by atoms with E-state index in [2.05, 4.69) is 5.32 Å². The lowest BCUT2D eigenvalue weighted by Gasteiger charge is -2.21. The summed E-state index contributed by atoms with van der Waals surface area (Å²) in [5.41, 5.74) is 0. The summed E-state index contributed by atoms with van der Waals surface area (Å²) in [5.74, 6) is 1.67. The van der Waals surface area contributed by atoms with Crippen LogP contribution in [0.1, 0.15) is 32.1 Å². The second kappa shape index (κ2) is 5.21. The van der Waals surface area contributed by atoms with Crippen molar-refractivity contribution in [3.63, 3.8) is 0 Å². The van der Waals surface area contributed by atoms with Crippen LogP contribution in [-0.4, -0.2) is 34.7 Å². The van der Waals surface area contributed by atoms with Crippen LogP contribution < -0.4 is 5.32 Å². The molecule has 2 aliphatic rings. The van der Waals surface area contributed by atoms with Crippen molar-refractivity contribution >= 4 is 17.7 Å². The molecule has 0 bridgehead atoms. The molecule has 3 nitrogen and oxygen atoms in total. The summed E-state index contributed by atoms with van der Waals surface area (Å²) in [6.07, 6.45) is 5.32. The number of carbonyl (C=O) groups is 1. The van der Waals surface area contributed by atoms with Gasteiger partial charge in [0.25, 0.3) is 0 Å². The molecule has 2 N–H and O–H groups in total. The van der Waals surface area contributed by atoms with Gasteiger partial charge in [-0.2, -0.15) is 0 Å². The van der Waals surface area contributed by atoms with Crippen LogP contribution in [0.3, 0.4) is 0 Å². The maximum Gasteiger partial charge on any atom is 0.233 e. The predicted molar refractivity (Wildman–Crippen MR) is 61.8 cm³/mol. The number of hydrogen-bond donors (Lipinski definition) is 2. The van der Waals surface area contributed by atoms with E-state index in [0.717, 1.165) is 31.4 Å². The van der Waals surface area contributed by atoms with E-state index in [-0.39, 0.29) is 17.3 Å². The van der Waals surface area contributed by atoms with Crippen molar-refractivity contribution in [2.45, 2.75) is 43.5 Å². The van der Waals surface area contributed by atoms with Gasteiger partial charge in [0.1, 0.15) is 0 Å². The first-order valence-electron chi connectivity index (χ1n) is 5.85. The molecule has 1 saturated heterocycles. The molecule has 0 aromatic carbocycles. The molecule has 2 unspecified atom stereocenters. The number of nitrogens with one attached hydrogen (secondary N) is 1. The Bertz CT molecular complexity index is 225. The normalized spacial score (nSPS) is 28.5. The molecule has 1 saturated carbocycles. The number of aliphatic hydroxyl groups is 1. The molecule has 2 atom stereocenters. The second-order valence-corrected chi connectivity index (χ2v) is 5.82. The van der Waals surface area contributed by atoms with Gasteiger partial charge in [-0.25, -0.2) is 0 Å². The zero-order valence-corrected chi connectivity index (χ0v) is 9.76.